The fraction of sp³-hybridized carbons (Fsp3) is 0.250. The van der Waals surface area contributed by atoms with Crippen molar-refractivity contribution >= 4 is 23.2 Å². The number of hydrogen-bond donors (Lipinski definition) is 0. The molecule has 1 aliphatic heterocycles. The van der Waals surface area contributed by atoms with E-state index in [1.54, 1.807) is 35.4 Å². The normalized spacial score (nSPS) is 15.0. The number of anilines is 1. The van der Waals surface area contributed by atoms with Crippen LogP contribution in [0, 0.1) is 5.82 Å². The molecule has 1 amide bonds. The molecule has 1 aliphatic rings. The lowest BCUT2D eigenvalue weighted by Crippen LogP contribution is -2.48. The van der Waals surface area contributed by atoms with Gasteiger partial charge in [-0.05, 0) is 36.4 Å². The number of aromatic nitrogens is 1. The van der Waals surface area contributed by atoms with Gasteiger partial charge in [0.2, 0.25) is 0 Å². The number of amides is 1. The molecule has 114 valence electrons. The first-order valence-electron chi connectivity index (χ1n) is 7.05. The third-order valence-corrected chi connectivity index (χ3v) is 4.05. The van der Waals surface area contributed by atoms with Gasteiger partial charge in [0.05, 0.1) is 5.56 Å². The van der Waals surface area contributed by atoms with Crippen LogP contribution in [-0.2, 0) is 0 Å². The van der Waals surface area contributed by atoms with Crippen LogP contribution in [0.4, 0.5) is 10.1 Å². The van der Waals surface area contributed by atoms with E-state index < -0.39 is 0 Å². The molecule has 0 saturated carbocycles. The summed E-state index contributed by atoms with van der Waals surface area (Å²) in [6.45, 7) is 2.60. The van der Waals surface area contributed by atoms with Crippen LogP contribution >= 0.6 is 11.6 Å². The molecule has 1 aromatic carbocycles. The maximum atomic E-state index is 13.0. The zero-order chi connectivity index (χ0) is 15.5. The number of carbonyl (C=O) groups excluding carboxylic acids is 1. The van der Waals surface area contributed by atoms with Gasteiger partial charge in [0.15, 0.2) is 0 Å². The lowest BCUT2D eigenvalue weighted by Gasteiger charge is -2.36. The van der Waals surface area contributed by atoms with Gasteiger partial charge < -0.3 is 9.80 Å². The molecule has 1 saturated heterocycles. The minimum absolute atomic E-state index is 0.100. The van der Waals surface area contributed by atoms with E-state index in [1.807, 2.05) is 0 Å². The van der Waals surface area contributed by atoms with E-state index in [4.69, 9.17) is 11.6 Å². The second-order valence-corrected chi connectivity index (χ2v) is 5.46. The third kappa shape index (κ3) is 3.04. The lowest BCUT2D eigenvalue weighted by molar-refractivity contribution is 0.0746. The maximum Gasteiger partial charge on any atom is 0.257 e. The number of piperazine rings is 1. The van der Waals surface area contributed by atoms with Gasteiger partial charge in [0, 0.05) is 38.1 Å². The molecule has 0 spiro atoms. The van der Waals surface area contributed by atoms with Crippen LogP contribution in [0.3, 0.4) is 0 Å². The molecule has 2 heterocycles. The zero-order valence-corrected chi connectivity index (χ0v) is 12.6. The van der Waals surface area contributed by atoms with E-state index in [0.29, 0.717) is 31.7 Å². The molecule has 1 fully saturated rings. The van der Waals surface area contributed by atoms with E-state index in [0.717, 1.165) is 5.69 Å². The van der Waals surface area contributed by atoms with Crippen molar-refractivity contribution in [2.24, 2.45) is 0 Å². The molecule has 0 aliphatic carbocycles. The number of halogens is 2. The number of hydrogen-bond acceptors (Lipinski definition) is 3. The Morgan fingerprint density at radius 2 is 1.77 bits per heavy atom. The molecule has 0 radical (unpaired) electrons. The molecule has 22 heavy (non-hydrogen) atoms. The third-order valence-electron chi connectivity index (χ3n) is 3.75. The molecule has 0 atom stereocenters. The summed E-state index contributed by atoms with van der Waals surface area (Å²) in [7, 11) is 0. The highest BCUT2D eigenvalue weighted by Gasteiger charge is 2.23. The van der Waals surface area contributed by atoms with Crippen molar-refractivity contribution in [3.63, 3.8) is 0 Å². The Morgan fingerprint density at radius 3 is 2.41 bits per heavy atom. The number of nitrogens with zero attached hydrogens (tertiary/aromatic N) is 3. The largest absolute Gasteiger partial charge is 0.368 e. The number of pyridine rings is 1. The summed E-state index contributed by atoms with van der Waals surface area (Å²) in [5.74, 6) is -0.347. The Morgan fingerprint density at radius 1 is 1.09 bits per heavy atom. The summed E-state index contributed by atoms with van der Waals surface area (Å²) in [4.78, 5) is 20.3. The van der Waals surface area contributed by atoms with Gasteiger partial charge in [-0.1, -0.05) is 11.6 Å². The first kappa shape index (κ1) is 14.8. The number of benzene rings is 1. The highest BCUT2D eigenvalue weighted by atomic mass is 35.5. The van der Waals surface area contributed by atoms with Crippen molar-refractivity contribution in [1.82, 2.24) is 9.88 Å². The van der Waals surface area contributed by atoms with Crippen molar-refractivity contribution in [3.05, 3.63) is 59.1 Å². The fourth-order valence-electron chi connectivity index (χ4n) is 2.54. The van der Waals surface area contributed by atoms with E-state index in [-0.39, 0.29) is 16.9 Å². The molecule has 2 aromatic rings. The van der Waals surface area contributed by atoms with Gasteiger partial charge in [-0.15, -0.1) is 0 Å². The first-order chi connectivity index (χ1) is 10.6. The monoisotopic (exact) mass is 319 g/mol. The molecule has 0 unspecified atom stereocenters. The maximum absolute atomic E-state index is 13.0. The van der Waals surface area contributed by atoms with E-state index in [9.17, 15) is 9.18 Å². The van der Waals surface area contributed by atoms with Gasteiger partial charge >= 0.3 is 0 Å². The van der Waals surface area contributed by atoms with Crippen LogP contribution in [0.2, 0.25) is 5.15 Å². The predicted octanol–water partition coefficient (Wildman–Crippen LogP) is 2.84. The Labute approximate surface area is 133 Å². The quantitative estimate of drug-likeness (QED) is 0.799. The average Bonchev–Trinajstić information content (AvgIpc) is 2.56. The topological polar surface area (TPSA) is 36.4 Å². The van der Waals surface area contributed by atoms with Crippen LogP contribution < -0.4 is 4.90 Å². The molecule has 4 nitrogen and oxygen atoms in total. The number of carbonyl (C=O) groups is 1. The van der Waals surface area contributed by atoms with E-state index in [1.165, 1.54) is 12.1 Å². The van der Waals surface area contributed by atoms with E-state index in [2.05, 4.69) is 9.88 Å². The summed E-state index contributed by atoms with van der Waals surface area (Å²) in [6.07, 6.45) is 1.56. The Balaban J connectivity index is 1.65. The van der Waals surface area contributed by atoms with Gasteiger partial charge in [0.25, 0.3) is 5.91 Å². The average molecular weight is 320 g/mol. The summed E-state index contributed by atoms with van der Waals surface area (Å²) in [5.41, 5.74) is 1.40. The predicted molar refractivity (Wildman–Crippen MR) is 83.8 cm³/mol. The van der Waals surface area contributed by atoms with Crippen molar-refractivity contribution in [1.29, 1.82) is 0 Å². The van der Waals surface area contributed by atoms with Gasteiger partial charge in [0.1, 0.15) is 11.0 Å². The SMILES string of the molecule is O=C(c1cccnc1Cl)N1CCN(c2ccc(F)cc2)CC1. The van der Waals surface area contributed by atoms with Crippen molar-refractivity contribution in [2.45, 2.75) is 0 Å². The van der Waals surface area contributed by atoms with Gasteiger partial charge in [-0.3, -0.25) is 4.79 Å². The minimum atomic E-state index is -0.246. The minimum Gasteiger partial charge on any atom is -0.368 e. The smallest absolute Gasteiger partial charge is 0.257 e. The van der Waals surface area contributed by atoms with Crippen molar-refractivity contribution in [2.75, 3.05) is 31.1 Å². The summed E-state index contributed by atoms with van der Waals surface area (Å²) in [5, 5.41) is 0.230. The zero-order valence-electron chi connectivity index (χ0n) is 11.9. The molecule has 0 N–H and O–H groups in total. The lowest BCUT2D eigenvalue weighted by atomic mass is 10.2. The molecule has 0 bridgehead atoms. The molecule has 1 aromatic heterocycles. The molecular formula is C16H15ClFN3O. The second-order valence-electron chi connectivity index (χ2n) is 5.10. The first-order valence-corrected chi connectivity index (χ1v) is 7.43. The van der Waals surface area contributed by atoms with Crippen LogP contribution in [0.1, 0.15) is 10.4 Å². The highest BCUT2D eigenvalue weighted by molar-refractivity contribution is 6.32. The molecular weight excluding hydrogens is 305 g/mol. The molecule has 3 rings (SSSR count). The highest BCUT2D eigenvalue weighted by Crippen LogP contribution is 2.19. The van der Waals surface area contributed by atoms with Crippen LogP contribution in [0.5, 0.6) is 0 Å². The van der Waals surface area contributed by atoms with Crippen LogP contribution in [0.15, 0.2) is 42.6 Å². The Kier molecular flexibility index (Phi) is 4.24. The Hall–Kier alpha value is -2.14. The summed E-state index contributed by atoms with van der Waals surface area (Å²) >= 11 is 5.97. The Bertz CT molecular complexity index is 669. The summed E-state index contributed by atoms with van der Waals surface area (Å²) < 4.78 is 13.0. The van der Waals surface area contributed by atoms with E-state index >= 15 is 0 Å². The fourth-order valence-corrected chi connectivity index (χ4v) is 2.74. The molecule has 6 heteroatoms. The van der Waals surface area contributed by atoms with Crippen LogP contribution in [0.25, 0.3) is 0 Å². The standard InChI is InChI=1S/C16H15ClFN3O/c17-15-14(2-1-7-19-15)16(22)21-10-8-20(9-11-21)13-5-3-12(18)4-6-13/h1-7H,8-11H2. The van der Waals surface area contributed by atoms with Crippen molar-refractivity contribution in [3.8, 4) is 0 Å². The second kappa shape index (κ2) is 6.32. The van der Waals surface area contributed by atoms with Crippen LogP contribution in [-0.4, -0.2) is 42.0 Å². The number of rotatable bonds is 2. The van der Waals surface area contributed by atoms with Crippen molar-refractivity contribution < 1.29 is 9.18 Å². The van der Waals surface area contributed by atoms with Gasteiger partial charge in [-0.25, -0.2) is 9.37 Å². The summed E-state index contributed by atoms with van der Waals surface area (Å²) in [6, 6.07) is 9.79. The van der Waals surface area contributed by atoms with Gasteiger partial charge in [-0.2, -0.15) is 0 Å².